The van der Waals surface area contributed by atoms with E-state index in [0.29, 0.717) is 0 Å². The molecule has 0 aromatic carbocycles. The summed E-state index contributed by atoms with van der Waals surface area (Å²) in [5.74, 6) is 0. The van der Waals surface area contributed by atoms with Gasteiger partial charge in [-0.05, 0) is 0 Å². The Morgan fingerprint density at radius 1 is 1.00 bits per heavy atom. The Bertz CT molecular complexity index is 42.7. The molecule has 0 fully saturated rings. The maximum absolute atomic E-state index is 6.62. The monoisotopic (exact) mass is 257 g/mol. The SMILES string of the molecule is C[CH2][Sn]([CH2]C)[CH2]C.OOO. The first-order chi connectivity index (χ1) is 4.76. The summed E-state index contributed by atoms with van der Waals surface area (Å²) in [5.41, 5.74) is 0. The molecule has 2 N–H and O–H groups in total. The zero-order valence-electron chi connectivity index (χ0n) is 6.92. The molecule has 0 amide bonds. The van der Waals surface area contributed by atoms with E-state index < -0.39 is 19.8 Å². The molecule has 0 aliphatic carbocycles. The van der Waals surface area contributed by atoms with Crippen LogP contribution in [0.2, 0.25) is 13.3 Å². The molecule has 0 bridgehead atoms. The third-order valence-corrected chi connectivity index (χ3v) is 10.1. The molecule has 0 saturated carbocycles. The van der Waals surface area contributed by atoms with E-state index in [9.17, 15) is 0 Å². The van der Waals surface area contributed by atoms with Crippen molar-refractivity contribution >= 4 is 19.8 Å². The molecular formula is C6H17O3Sn. The van der Waals surface area contributed by atoms with Crippen molar-refractivity contribution in [3.8, 4) is 0 Å². The Balaban J connectivity index is 0. The quantitative estimate of drug-likeness (QED) is 0.463. The van der Waals surface area contributed by atoms with Gasteiger partial charge in [0, 0.05) is 0 Å². The molecule has 0 spiro atoms. The molecule has 3 nitrogen and oxygen atoms in total. The van der Waals surface area contributed by atoms with E-state index in [2.05, 4.69) is 25.8 Å². The Labute approximate surface area is 69.6 Å². The smallest absolute Gasteiger partial charge is 0.0737 e. The van der Waals surface area contributed by atoms with Crippen molar-refractivity contribution in [3.05, 3.63) is 0 Å². The van der Waals surface area contributed by atoms with E-state index in [1.54, 1.807) is 13.3 Å². The van der Waals surface area contributed by atoms with Crippen LogP contribution in [0.4, 0.5) is 0 Å². The van der Waals surface area contributed by atoms with Gasteiger partial charge in [0.1, 0.15) is 0 Å². The second kappa shape index (κ2) is 12.4. The second-order valence-electron chi connectivity index (χ2n) is 1.89. The zero-order valence-corrected chi connectivity index (χ0v) is 9.78. The van der Waals surface area contributed by atoms with Crippen molar-refractivity contribution in [2.75, 3.05) is 0 Å². The molecule has 0 aromatic heterocycles. The molecule has 0 atom stereocenters. The van der Waals surface area contributed by atoms with Gasteiger partial charge in [0.2, 0.25) is 0 Å². The Morgan fingerprint density at radius 2 is 1.20 bits per heavy atom. The first kappa shape index (κ1) is 13.3. The van der Waals surface area contributed by atoms with Gasteiger partial charge in [0.15, 0.2) is 0 Å². The van der Waals surface area contributed by atoms with Crippen molar-refractivity contribution in [2.24, 2.45) is 0 Å². The van der Waals surface area contributed by atoms with Crippen LogP contribution < -0.4 is 0 Å². The van der Waals surface area contributed by atoms with Gasteiger partial charge in [-0.15, -0.1) is 0 Å². The molecule has 0 aromatic rings. The van der Waals surface area contributed by atoms with Gasteiger partial charge in [-0.3, -0.25) is 0 Å². The van der Waals surface area contributed by atoms with Crippen LogP contribution in [0.5, 0.6) is 0 Å². The number of hydrogen-bond donors (Lipinski definition) is 2. The van der Waals surface area contributed by atoms with Gasteiger partial charge in [-0.1, -0.05) is 5.04 Å². The van der Waals surface area contributed by atoms with Crippen LogP contribution in [0.1, 0.15) is 20.8 Å². The van der Waals surface area contributed by atoms with E-state index in [0.717, 1.165) is 0 Å². The number of hydrogen-bond acceptors (Lipinski definition) is 3. The summed E-state index contributed by atoms with van der Waals surface area (Å²) in [6.45, 7) is 7.05. The average molecular weight is 256 g/mol. The summed E-state index contributed by atoms with van der Waals surface area (Å²) in [6, 6.07) is 0. The van der Waals surface area contributed by atoms with Gasteiger partial charge < -0.3 is 0 Å². The molecule has 63 valence electrons. The first-order valence-corrected chi connectivity index (χ1v) is 9.60. The molecule has 1 radical (unpaired) electrons. The molecule has 0 aliphatic heterocycles. The molecular weight excluding hydrogens is 239 g/mol. The van der Waals surface area contributed by atoms with Crippen molar-refractivity contribution in [2.45, 2.75) is 34.1 Å². The van der Waals surface area contributed by atoms with E-state index in [1.807, 2.05) is 0 Å². The van der Waals surface area contributed by atoms with Crippen molar-refractivity contribution in [3.63, 3.8) is 0 Å². The van der Waals surface area contributed by atoms with E-state index in [1.165, 1.54) is 0 Å². The van der Waals surface area contributed by atoms with Gasteiger partial charge in [0.25, 0.3) is 0 Å². The minimum absolute atomic E-state index is 0.653. The largest absolute Gasteiger partial charge is 0.221 e. The molecule has 0 heterocycles. The zero-order chi connectivity index (χ0) is 8.41. The summed E-state index contributed by atoms with van der Waals surface area (Å²) in [6.07, 6.45) is 0. The molecule has 0 unspecified atom stereocenters. The maximum atomic E-state index is 6.62. The van der Waals surface area contributed by atoms with Crippen LogP contribution in [0.15, 0.2) is 0 Å². The number of rotatable bonds is 3. The van der Waals surface area contributed by atoms with Crippen LogP contribution in [-0.4, -0.2) is 30.3 Å². The summed E-state index contributed by atoms with van der Waals surface area (Å²) in [5, 5.41) is 15.5. The fraction of sp³-hybridized carbons (Fsp3) is 1.00. The van der Waals surface area contributed by atoms with Crippen LogP contribution >= 0.6 is 0 Å². The predicted octanol–water partition coefficient (Wildman–Crippen LogP) is 2.49. The van der Waals surface area contributed by atoms with Crippen LogP contribution in [0, 0.1) is 0 Å². The third-order valence-electron chi connectivity index (χ3n) is 1.50. The van der Waals surface area contributed by atoms with E-state index in [4.69, 9.17) is 10.5 Å². The minimum Gasteiger partial charge on any atom is -0.221 e. The van der Waals surface area contributed by atoms with Crippen molar-refractivity contribution < 1.29 is 15.6 Å². The first-order valence-electron chi connectivity index (χ1n) is 3.55. The summed E-state index contributed by atoms with van der Waals surface area (Å²) in [7, 11) is 0. The predicted molar refractivity (Wildman–Crippen MR) is 43.5 cm³/mol. The molecule has 0 rings (SSSR count). The Kier molecular flexibility index (Phi) is 16.4. The van der Waals surface area contributed by atoms with Crippen LogP contribution in [0.3, 0.4) is 0 Å². The van der Waals surface area contributed by atoms with E-state index >= 15 is 0 Å². The van der Waals surface area contributed by atoms with Crippen molar-refractivity contribution in [1.82, 2.24) is 0 Å². The summed E-state index contributed by atoms with van der Waals surface area (Å²) >= 11 is -0.653. The van der Waals surface area contributed by atoms with Crippen LogP contribution in [-0.2, 0) is 5.04 Å². The molecule has 0 saturated heterocycles. The van der Waals surface area contributed by atoms with Crippen molar-refractivity contribution in [1.29, 1.82) is 0 Å². The molecule has 0 aliphatic rings. The molecule has 10 heavy (non-hydrogen) atoms. The normalized spacial score (nSPS) is 9.00. The minimum atomic E-state index is -0.653. The topological polar surface area (TPSA) is 49.7 Å². The summed E-state index contributed by atoms with van der Waals surface area (Å²) < 4.78 is 4.65. The average Bonchev–Trinajstić information content (AvgIpc) is 1.93. The maximum Gasteiger partial charge on any atom is -0.0737 e. The fourth-order valence-electron chi connectivity index (χ4n) is 0.750. The standard InChI is InChI=1S/3C2H5.H2O3.Sn/c3*1-2;1-3-2;/h3*1H2,2H3;1-2H;. The third kappa shape index (κ3) is 11.5. The molecule has 4 heteroatoms. The van der Waals surface area contributed by atoms with E-state index in [-0.39, 0.29) is 0 Å². The van der Waals surface area contributed by atoms with Crippen LogP contribution in [0.25, 0.3) is 0 Å². The van der Waals surface area contributed by atoms with Gasteiger partial charge >= 0.3 is 53.8 Å². The fourth-order valence-corrected chi connectivity index (χ4v) is 5.03. The van der Waals surface area contributed by atoms with Gasteiger partial charge in [0.05, 0.1) is 0 Å². The summed E-state index contributed by atoms with van der Waals surface area (Å²) in [4.78, 5) is 0. The van der Waals surface area contributed by atoms with Gasteiger partial charge in [-0.2, -0.15) is 0 Å². The Morgan fingerprint density at radius 3 is 1.20 bits per heavy atom. The Hall–Kier alpha value is 0.679. The second-order valence-corrected chi connectivity index (χ2v) is 12.2. The van der Waals surface area contributed by atoms with Gasteiger partial charge in [-0.25, -0.2) is 10.5 Å².